The Morgan fingerprint density at radius 2 is 1.31 bits per heavy atom. The standard InChI is InChI=1S/C28H48N8O9/c1-15(2)9-18(35-28(45)20-7-6-8-36(20)23(39)13-30-21(37)11-29)26(43)31-12-22(38)34-19(10-16(3)4)27(44)33-17(5)25(42)32-14-24(40)41/h15-20H,6-14,29H2,1-5H3,(H,30,37)(H,31,43)(H,32,42)(H,33,44)(H,34,38)(H,35,45)(H,40,41)/t17-,18-,19-,20-/m0/s1. The van der Waals surface area contributed by atoms with Gasteiger partial charge in [-0.3, -0.25) is 38.4 Å². The Labute approximate surface area is 262 Å². The molecule has 1 aliphatic rings. The van der Waals surface area contributed by atoms with E-state index in [1.54, 1.807) is 0 Å². The molecule has 1 fully saturated rings. The van der Waals surface area contributed by atoms with E-state index in [4.69, 9.17) is 10.8 Å². The van der Waals surface area contributed by atoms with Gasteiger partial charge in [0.15, 0.2) is 0 Å². The van der Waals surface area contributed by atoms with E-state index >= 15 is 0 Å². The van der Waals surface area contributed by atoms with E-state index < -0.39 is 84.6 Å². The lowest BCUT2D eigenvalue weighted by atomic mass is 10.0. The van der Waals surface area contributed by atoms with E-state index in [0.29, 0.717) is 19.4 Å². The van der Waals surface area contributed by atoms with E-state index in [0.717, 1.165) is 0 Å². The minimum absolute atomic E-state index is 0.0172. The molecule has 0 saturated carbocycles. The molecule has 4 atom stereocenters. The van der Waals surface area contributed by atoms with Crippen LogP contribution < -0.4 is 37.6 Å². The average molecular weight is 641 g/mol. The number of nitrogens with one attached hydrogen (secondary N) is 6. The van der Waals surface area contributed by atoms with Crippen molar-refractivity contribution in [3.63, 3.8) is 0 Å². The fraction of sp³-hybridized carbons (Fsp3) is 0.714. The maximum atomic E-state index is 13.1. The summed E-state index contributed by atoms with van der Waals surface area (Å²) in [6.07, 6.45) is 1.40. The van der Waals surface area contributed by atoms with Crippen molar-refractivity contribution in [3.05, 3.63) is 0 Å². The maximum absolute atomic E-state index is 13.1. The molecule has 0 aromatic carbocycles. The molecule has 9 N–H and O–H groups in total. The number of likely N-dealkylation sites (tertiary alicyclic amines) is 1. The van der Waals surface area contributed by atoms with Crippen LogP contribution in [-0.2, 0) is 38.4 Å². The van der Waals surface area contributed by atoms with Gasteiger partial charge in [0.2, 0.25) is 41.4 Å². The highest BCUT2D eigenvalue weighted by Gasteiger charge is 2.36. The van der Waals surface area contributed by atoms with Crippen LogP contribution in [0.25, 0.3) is 0 Å². The highest BCUT2D eigenvalue weighted by Crippen LogP contribution is 2.18. The molecule has 17 heteroatoms. The van der Waals surface area contributed by atoms with Gasteiger partial charge in [-0.05, 0) is 44.4 Å². The molecule has 45 heavy (non-hydrogen) atoms. The summed E-state index contributed by atoms with van der Waals surface area (Å²) in [6, 6.07) is -3.96. The van der Waals surface area contributed by atoms with Gasteiger partial charge in [0, 0.05) is 6.54 Å². The molecule has 17 nitrogen and oxygen atoms in total. The Morgan fingerprint density at radius 1 is 0.733 bits per heavy atom. The summed E-state index contributed by atoms with van der Waals surface area (Å²) in [5.41, 5.74) is 5.24. The Hall–Kier alpha value is -4.28. The van der Waals surface area contributed by atoms with Crippen molar-refractivity contribution in [2.24, 2.45) is 17.6 Å². The number of amides is 7. The zero-order chi connectivity index (χ0) is 34.3. The molecule has 1 heterocycles. The van der Waals surface area contributed by atoms with Crippen LogP contribution in [0.3, 0.4) is 0 Å². The van der Waals surface area contributed by atoms with Crippen LogP contribution in [0.1, 0.15) is 60.3 Å². The van der Waals surface area contributed by atoms with Gasteiger partial charge in [-0.2, -0.15) is 0 Å². The van der Waals surface area contributed by atoms with E-state index in [2.05, 4.69) is 31.9 Å². The van der Waals surface area contributed by atoms with Crippen LogP contribution in [0.4, 0.5) is 0 Å². The van der Waals surface area contributed by atoms with Crippen LogP contribution in [0.15, 0.2) is 0 Å². The Balaban J connectivity index is 2.81. The zero-order valence-electron chi connectivity index (χ0n) is 26.6. The van der Waals surface area contributed by atoms with E-state index in [1.165, 1.54) is 11.8 Å². The summed E-state index contributed by atoms with van der Waals surface area (Å²) in [4.78, 5) is 99.9. The van der Waals surface area contributed by atoms with Crippen molar-refractivity contribution < 1.29 is 43.5 Å². The van der Waals surface area contributed by atoms with Gasteiger partial charge in [-0.25, -0.2) is 0 Å². The molecule has 0 unspecified atom stereocenters. The van der Waals surface area contributed by atoms with Gasteiger partial charge in [-0.1, -0.05) is 27.7 Å². The minimum atomic E-state index is -1.25. The van der Waals surface area contributed by atoms with Crippen molar-refractivity contribution in [1.29, 1.82) is 0 Å². The molecule has 7 amide bonds. The number of carbonyl (C=O) groups is 8. The smallest absolute Gasteiger partial charge is 0.322 e. The van der Waals surface area contributed by atoms with Crippen molar-refractivity contribution in [2.45, 2.75) is 84.5 Å². The predicted octanol–water partition coefficient (Wildman–Crippen LogP) is -3.06. The predicted molar refractivity (Wildman–Crippen MR) is 161 cm³/mol. The molecular weight excluding hydrogens is 592 g/mol. The fourth-order valence-corrected chi connectivity index (χ4v) is 4.59. The summed E-state index contributed by atoms with van der Waals surface area (Å²) in [5.74, 6) is -5.48. The number of carbonyl (C=O) groups excluding carboxylic acids is 7. The SMILES string of the molecule is CC(C)C[C@H](NC(=O)CNC(=O)[C@H](CC(C)C)NC(=O)[C@@H]1CCCN1C(=O)CNC(=O)CN)C(=O)N[C@@H](C)C(=O)NCC(=O)O. The molecule has 254 valence electrons. The Morgan fingerprint density at radius 3 is 1.87 bits per heavy atom. The number of carboxylic acid groups (broad SMARTS) is 1. The van der Waals surface area contributed by atoms with Crippen LogP contribution in [0.5, 0.6) is 0 Å². The number of carboxylic acids is 1. The third-order valence-electron chi connectivity index (χ3n) is 6.79. The number of rotatable bonds is 18. The second kappa shape index (κ2) is 19.2. The second-order valence-corrected chi connectivity index (χ2v) is 11.7. The average Bonchev–Trinajstić information content (AvgIpc) is 3.46. The molecule has 0 aromatic heterocycles. The first-order valence-electron chi connectivity index (χ1n) is 15.0. The molecule has 1 aliphatic heterocycles. The molecule has 1 rings (SSSR count). The lowest BCUT2D eigenvalue weighted by Gasteiger charge is -2.27. The van der Waals surface area contributed by atoms with Crippen molar-refractivity contribution in [2.75, 3.05) is 32.7 Å². The van der Waals surface area contributed by atoms with Crippen LogP contribution in [0.2, 0.25) is 0 Å². The summed E-state index contributed by atoms with van der Waals surface area (Å²) in [7, 11) is 0. The molecule has 1 saturated heterocycles. The normalized spacial score (nSPS) is 16.3. The third kappa shape index (κ3) is 14.4. The third-order valence-corrected chi connectivity index (χ3v) is 6.79. The monoisotopic (exact) mass is 640 g/mol. The first kappa shape index (κ1) is 38.7. The summed E-state index contributed by atoms with van der Waals surface area (Å²) in [6.45, 7) is 7.32. The Bertz CT molecular complexity index is 1100. The molecule has 0 aromatic rings. The van der Waals surface area contributed by atoms with E-state index in [9.17, 15) is 38.4 Å². The van der Waals surface area contributed by atoms with Crippen LogP contribution in [0, 0.1) is 11.8 Å². The van der Waals surface area contributed by atoms with Gasteiger partial charge in [0.05, 0.1) is 19.6 Å². The summed E-state index contributed by atoms with van der Waals surface area (Å²) >= 11 is 0. The van der Waals surface area contributed by atoms with Gasteiger partial charge in [0.1, 0.15) is 30.7 Å². The van der Waals surface area contributed by atoms with Gasteiger partial charge < -0.3 is 47.6 Å². The zero-order valence-corrected chi connectivity index (χ0v) is 26.6. The lowest BCUT2D eigenvalue weighted by molar-refractivity contribution is -0.139. The van der Waals surface area contributed by atoms with Gasteiger partial charge >= 0.3 is 5.97 Å². The number of nitrogens with two attached hydrogens (primary N) is 1. The first-order valence-corrected chi connectivity index (χ1v) is 15.0. The lowest BCUT2D eigenvalue weighted by Crippen LogP contribution is -2.56. The largest absolute Gasteiger partial charge is 0.480 e. The topological polar surface area (TPSA) is 258 Å². The number of aliphatic carboxylic acids is 1. The maximum Gasteiger partial charge on any atom is 0.322 e. The second-order valence-electron chi connectivity index (χ2n) is 11.7. The Kier molecular flexibility index (Phi) is 16.5. The minimum Gasteiger partial charge on any atom is -0.480 e. The van der Waals surface area contributed by atoms with E-state index in [-0.39, 0.29) is 37.8 Å². The number of nitrogens with zero attached hydrogens (tertiary/aromatic N) is 1. The van der Waals surface area contributed by atoms with Crippen LogP contribution >= 0.6 is 0 Å². The van der Waals surface area contributed by atoms with Crippen molar-refractivity contribution in [3.8, 4) is 0 Å². The number of hydrogen-bond donors (Lipinski definition) is 8. The van der Waals surface area contributed by atoms with Gasteiger partial charge in [0.25, 0.3) is 0 Å². The van der Waals surface area contributed by atoms with Gasteiger partial charge in [-0.15, -0.1) is 0 Å². The number of hydrogen-bond acceptors (Lipinski definition) is 9. The van der Waals surface area contributed by atoms with Crippen molar-refractivity contribution >= 4 is 47.3 Å². The first-order chi connectivity index (χ1) is 21.0. The fourth-order valence-electron chi connectivity index (χ4n) is 4.59. The molecule has 0 aliphatic carbocycles. The molecule has 0 spiro atoms. The molecule has 0 bridgehead atoms. The van der Waals surface area contributed by atoms with Crippen LogP contribution in [-0.4, -0.2) is 114 Å². The van der Waals surface area contributed by atoms with Crippen molar-refractivity contribution in [1.82, 2.24) is 36.8 Å². The highest BCUT2D eigenvalue weighted by molar-refractivity contribution is 5.96. The van der Waals surface area contributed by atoms with E-state index in [1.807, 2.05) is 27.7 Å². The quantitative estimate of drug-likeness (QED) is 0.0750. The highest BCUT2D eigenvalue weighted by atomic mass is 16.4. The summed E-state index contributed by atoms with van der Waals surface area (Å²) < 4.78 is 0. The molecule has 0 radical (unpaired) electrons. The molecular formula is C28H48N8O9. The summed E-state index contributed by atoms with van der Waals surface area (Å²) in [5, 5.41) is 23.4.